The third-order valence-electron chi connectivity index (χ3n) is 2.61. The molecular weight excluding hydrogens is 230 g/mol. The molecule has 3 N–H and O–H groups in total. The molecule has 0 aliphatic carbocycles. The van der Waals surface area contributed by atoms with Gasteiger partial charge in [0.25, 0.3) is 0 Å². The van der Waals surface area contributed by atoms with E-state index in [1.54, 1.807) is 25.3 Å². The van der Waals surface area contributed by atoms with Gasteiger partial charge < -0.3 is 20.3 Å². The molecular formula is C14H15NO3. The summed E-state index contributed by atoms with van der Waals surface area (Å²) in [7, 11) is 1.61. The zero-order valence-electron chi connectivity index (χ0n) is 10.00. The van der Waals surface area contributed by atoms with Crippen molar-refractivity contribution in [3.8, 4) is 5.75 Å². The highest BCUT2D eigenvalue weighted by Gasteiger charge is 2.08. The summed E-state index contributed by atoms with van der Waals surface area (Å²) in [5.41, 5.74) is 1.95. The van der Waals surface area contributed by atoms with Crippen LogP contribution in [0.25, 0.3) is 0 Å². The summed E-state index contributed by atoms with van der Waals surface area (Å²) in [4.78, 5) is 0. The number of methoxy groups -OCH3 is 1. The first-order chi connectivity index (χ1) is 8.70. The Kier molecular flexibility index (Phi) is 3.82. The van der Waals surface area contributed by atoms with Crippen molar-refractivity contribution < 1.29 is 14.9 Å². The van der Waals surface area contributed by atoms with Crippen LogP contribution in [0.5, 0.6) is 5.75 Å². The van der Waals surface area contributed by atoms with E-state index >= 15 is 0 Å². The number of ether oxygens (including phenoxy) is 1. The number of benzene rings is 2. The van der Waals surface area contributed by atoms with E-state index in [0.717, 1.165) is 11.4 Å². The van der Waals surface area contributed by atoms with Gasteiger partial charge >= 0.3 is 0 Å². The molecule has 0 aliphatic heterocycles. The molecule has 0 bridgehead atoms. The SMILES string of the molecule is COc1ccc(Nc2ccccc2C(O)O)cc1. The number of para-hydroxylation sites is 1. The summed E-state index contributed by atoms with van der Waals surface area (Å²) in [5, 5.41) is 21.7. The molecule has 0 amide bonds. The molecule has 4 nitrogen and oxygen atoms in total. The fraction of sp³-hybridized carbons (Fsp3) is 0.143. The van der Waals surface area contributed by atoms with E-state index in [4.69, 9.17) is 4.74 Å². The van der Waals surface area contributed by atoms with Crippen LogP contribution in [-0.4, -0.2) is 17.3 Å². The summed E-state index contributed by atoms with van der Waals surface area (Å²) in [5.74, 6) is 0.774. The van der Waals surface area contributed by atoms with Gasteiger partial charge in [-0.1, -0.05) is 18.2 Å². The lowest BCUT2D eigenvalue weighted by atomic mass is 10.1. The Bertz CT molecular complexity index is 509. The maximum absolute atomic E-state index is 9.26. The van der Waals surface area contributed by atoms with Gasteiger partial charge in [-0.05, 0) is 30.3 Å². The molecule has 0 aromatic heterocycles. The molecule has 0 atom stereocenters. The fourth-order valence-corrected chi connectivity index (χ4v) is 1.67. The highest BCUT2D eigenvalue weighted by atomic mass is 16.5. The van der Waals surface area contributed by atoms with Crippen molar-refractivity contribution in [2.24, 2.45) is 0 Å². The van der Waals surface area contributed by atoms with Crippen LogP contribution in [0, 0.1) is 0 Å². The first-order valence-corrected chi connectivity index (χ1v) is 5.57. The van der Waals surface area contributed by atoms with Crippen LogP contribution in [0.4, 0.5) is 11.4 Å². The number of nitrogens with one attached hydrogen (secondary N) is 1. The van der Waals surface area contributed by atoms with Crippen molar-refractivity contribution in [3.63, 3.8) is 0 Å². The Balaban J connectivity index is 2.22. The molecule has 0 saturated carbocycles. The molecule has 0 spiro atoms. The molecule has 94 valence electrons. The summed E-state index contributed by atoms with van der Waals surface area (Å²) in [6.45, 7) is 0. The molecule has 2 rings (SSSR count). The maximum Gasteiger partial charge on any atom is 0.180 e. The van der Waals surface area contributed by atoms with Crippen molar-refractivity contribution in [1.29, 1.82) is 0 Å². The second-order valence-electron chi connectivity index (χ2n) is 3.81. The quantitative estimate of drug-likeness (QED) is 0.724. The van der Waals surface area contributed by atoms with Crippen molar-refractivity contribution in [2.75, 3.05) is 12.4 Å². The largest absolute Gasteiger partial charge is 0.497 e. The third-order valence-corrected chi connectivity index (χ3v) is 2.61. The lowest BCUT2D eigenvalue weighted by Crippen LogP contribution is -2.01. The minimum Gasteiger partial charge on any atom is -0.497 e. The highest BCUT2D eigenvalue weighted by molar-refractivity contribution is 5.63. The number of aliphatic hydroxyl groups excluding tert-OH is 1. The normalized spacial score (nSPS) is 10.4. The van der Waals surface area contributed by atoms with Gasteiger partial charge in [-0.2, -0.15) is 0 Å². The molecule has 0 radical (unpaired) electrons. The van der Waals surface area contributed by atoms with E-state index < -0.39 is 6.29 Å². The summed E-state index contributed by atoms with van der Waals surface area (Å²) in [6.07, 6.45) is -1.49. The molecule has 0 aliphatic rings. The molecule has 0 fully saturated rings. The number of rotatable bonds is 4. The predicted molar refractivity (Wildman–Crippen MR) is 69.9 cm³/mol. The van der Waals surface area contributed by atoms with Gasteiger partial charge in [0.15, 0.2) is 6.29 Å². The lowest BCUT2D eigenvalue weighted by Gasteiger charge is -2.13. The third kappa shape index (κ3) is 2.80. The number of hydrogen-bond acceptors (Lipinski definition) is 4. The molecule has 0 saturated heterocycles. The van der Waals surface area contributed by atoms with E-state index in [1.165, 1.54) is 0 Å². The van der Waals surface area contributed by atoms with Crippen LogP contribution in [-0.2, 0) is 0 Å². The Morgan fingerprint density at radius 2 is 1.67 bits per heavy atom. The number of aliphatic hydroxyl groups is 2. The van der Waals surface area contributed by atoms with Crippen LogP contribution in [0.1, 0.15) is 11.9 Å². The highest BCUT2D eigenvalue weighted by Crippen LogP contribution is 2.25. The monoisotopic (exact) mass is 245 g/mol. The Morgan fingerprint density at radius 3 is 2.28 bits per heavy atom. The maximum atomic E-state index is 9.26. The zero-order valence-corrected chi connectivity index (χ0v) is 10.00. The molecule has 0 heterocycles. The second-order valence-corrected chi connectivity index (χ2v) is 3.81. The summed E-state index contributed by atoms with van der Waals surface area (Å²) < 4.78 is 5.07. The van der Waals surface area contributed by atoms with Crippen LogP contribution in [0.2, 0.25) is 0 Å². The van der Waals surface area contributed by atoms with Gasteiger partial charge in [0.05, 0.1) is 7.11 Å². The van der Waals surface area contributed by atoms with Crippen molar-refractivity contribution in [1.82, 2.24) is 0 Å². The van der Waals surface area contributed by atoms with Gasteiger partial charge in [-0.15, -0.1) is 0 Å². The first kappa shape index (κ1) is 12.4. The fourth-order valence-electron chi connectivity index (χ4n) is 1.67. The van der Waals surface area contributed by atoms with Crippen LogP contribution < -0.4 is 10.1 Å². The average molecular weight is 245 g/mol. The van der Waals surface area contributed by atoms with Crippen LogP contribution in [0.3, 0.4) is 0 Å². The molecule has 4 heteroatoms. The average Bonchev–Trinajstić information content (AvgIpc) is 2.40. The molecule has 2 aromatic rings. The Morgan fingerprint density at radius 1 is 1.00 bits per heavy atom. The van der Waals surface area contributed by atoms with Gasteiger partial charge in [0.2, 0.25) is 0 Å². The van der Waals surface area contributed by atoms with Crippen molar-refractivity contribution in [3.05, 3.63) is 54.1 Å². The number of hydrogen-bond donors (Lipinski definition) is 3. The molecule has 0 unspecified atom stereocenters. The van der Waals surface area contributed by atoms with Crippen molar-refractivity contribution in [2.45, 2.75) is 6.29 Å². The Hall–Kier alpha value is -2.04. The van der Waals surface area contributed by atoms with E-state index in [0.29, 0.717) is 11.3 Å². The van der Waals surface area contributed by atoms with Gasteiger partial charge in [-0.25, -0.2) is 0 Å². The second kappa shape index (κ2) is 5.53. The summed E-state index contributed by atoms with van der Waals surface area (Å²) in [6, 6.07) is 14.4. The van der Waals surface area contributed by atoms with Gasteiger partial charge in [0.1, 0.15) is 5.75 Å². The minimum absolute atomic E-state index is 0.438. The predicted octanol–water partition coefficient (Wildman–Crippen LogP) is 2.42. The number of anilines is 2. The van der Waals surface area contributed by atoms with E-state index in [9.17, 15) is 10.2 Å². The van der Waals surface area contributed by atoms with Gasteiger partial charge in [-0.3, -0.25) is 0 Å². The molecule has 18 heavy (non-hydrogen) atoms. The topological polar surface area (TPSA) is 61.7 Å². The zero-order chi connectivity index (χ0) is 13.0. The van der Waals surface area contributed by atoms with E-state index in [1.807, 2.05) is 30.3 Å². The smallest absolute Gasteiger partial charge is 0.180 e. The van der Waals surface area contributed by atoms with Crippen LogP contribution >= 0.6 is 0 Å². The van der Waals surface area contributed by atoms with Gasteiger partial charge in [0, 0.05) is 16.9 Å². The lowest BCUT2D eigenvalue weighted by molar-refractivity contribution is -0.0418. The Labute approximate surface area is 105 Å². The first-order valence-electron chi connectivity index (χ1n) is 5.57. The van der Waals surface area contributed by atoms with E-state index in [-0.39, 0.29) is 0 Å². The molecule has 2 aromatic carbocycles. The van der Waals surface area contributed by atoms with E-state index in [2.05, 4.69) is 5.32 Å². The standard InChI is InChI=1S/C14H15NO3/c1-18-11-8-6-10(7-9-11)15-13-5-3-2-4-12(13)14(16)17/h2-9,14-17H,1H3. The van der Waals surface area contributed by atoms with Crippen LogP contribution in [0.15, 0.2) is 48.5 Å². The van der Waals surface area contributed by atoms with Crippen molar-refractivity contribution >= 4 is 11.4 Å². The summed E-state index contributed by atoms with van der Waals surface area (Å²) >= 11 is 0. The minimum atomic E-state index is -1.49.